The van der Waals surface area contributed by atoms with Gasteiger partial charge >= 0.3 is 17.9 Å². The summed E-state index contributed by atoms with van der Waals surface area (Å²) < 4.78 is 24.1. The summed E-state index contributed by atoms with van der Waals surface area (Å²) >= 11 is 0. The number of hydrogen-bond donors (Lipinski definition) is 1. The molecule has 1 aliphatic heterocycles. The van der Waals surface area contributed by atoms with Gasteiger partial charge in [-0.25, -0.2) is 4.79 Å². The summed E-state index contributed by atoms with van der Waals surface area (Å²) in [6.45, 7) is 10.7. The molecule has 0 spiro atoms. The van der Waals surface area contributed by atoms with E-state index in [-0.39, 0.29) is 23.3 Å². The summed E-state index contributed by atoms with van der Waals surface area (Å²) in [5.74, 6) is -4.81. The van der Waals surface area contributed by atoms with Crippen molar-refractivity contribution in [2.24, 2.45) is 22.7 Å². The van der Waals surface area contributed by atoms with Gasteiger partial charge in [-0.1, -0.05) is 27.7 Å². The van der Waals surface area contributed by atoms with Crippen molar-refractivity contribution in [3.05, 3.63) is 41.0 Å². The van der Waals surface area contributed by atoms with Crippen molar-refractivity contribution in [2.45, 2.75) is 90.8 Å². The number of carbonyl (C=O) groups excluding carboxylic acids is 5. The number of esters is 3. The minimum Gasteiger partial charge on any atom is -0.455 e. The number of Topliss-reactive ketones (excluding diaryl/α,β-unsaturated/α-hetero) is 2. The first kappa shape index (κ1) is 32.8. The summed E-state index contributed by atoms with van der Waals surface area (Å²) in [4.78, 5) is 69.8. The number of anilines is 1. The zero-order valence-electron chi connectivity index (χ0n) is 27.4. The Labute approximate surface area is 263 Å². The lowest BCUT2D eigenvalue weighted by Crippen LogP contribution is -2.80. The van der Waals surface area contributed by atoms with Crippen LogP contribution in [0.5, 0.6) is 0 Å². The van der Waals surface area contributed by atoms with Crippen LogP contribution in [0.1, 0.15) is 71.7 Å². The largest absolute Gasteiger partial charge is 0.455 e. The molecular weight excluding hydrogens is 582 g/mol. The van der Waals surface area contributed by atoms with E-state index in [4.69, 9.17) is 18.9 Å². The molecule has 1 aromatic carbocycles. The number of aliphatic hydroxyl groups is 1. The van der Waals surface area contributed by atoms with Crippen LogP contribution in [0, 0.1) is 22.7 Å². The summed E-state index contributed by atoms with van der Waals surface area (Å²) in [5.41, 5.74) is -5.10. The molecule has 2 saturated carbocycles. The van der Waals surface area contributed by atoms with E-state index in [0.717, 1.165) is 5.69 Å². The van der Waals surface area contributed by atoms with Crippen LogP contribution in [0.15, 0.2) is 35.4 Å². The van der Waals surface area contributed by atoms with Crippen LogP contribution in [0.25, 0.3) is 0 Å². The Morgan fingerprint density at radius 2 is 1.62 bits per heavy atom. The van der Waals surface area contributed by atoms with Gasteiger partial charge in [-0.15, -0.1) is 0 Å². The second-order valence-electron chi connectivity index (χ2n) is 14.1. The van der Waals surface area contributed by atoms with Crippen LogP contribution in [0.4, 0.5) is 5.69 Å². The number of carbonyl (C=O) groups is 5. The topological polar surface area (TPSA) is 146 Å². The summed E-state index contributed by atoms with van der Waals surface area (Å²) in [5, 5.41) is 13.0. The highest BCUT2D eigenvalue weighted by Gasteiger charge is 2.77. The van der Waals surface area contributed by atoms with Gasteiger partial charge in [-0.2, -0.15) is 0 Å². The van der Waals surface area contributed by atoms with Gasteiger partial charge in [0.05, 0.1) is 18.1 Å². The fourth-order valence-corrected chi connectivity index (χ4v) is 8.34. The Morgan fingerprint density at radius 3 is 2.13 bits per heavy atom. The third-order valence-corrected chi connectivity index (χ3v) is 11.1. The highest BCUT2D eigenvalue weighted by atomic mass is 16.6. The molecule has 1 aromatic rings. The molecule has 4 aliphatic rings. The molecule has 2 bridgehead atoms. The highest BCUT2D eigenvalue weighted by Crippen LogP contribution is 2.65. The summed E-state index contributed by atoms with van der Waals surface area (Å²) in [6.07, 6.45) is -3.84. The molecule has 1 saturated heterocycles. The van der Waals surface area contributed by atoms with Crippen molar-refractivity contribution in [3.63, 3.8) is 0 Å². The molecule has 0 amide bonds. The second-order valence-corrected chi connectivity index (χ2v) is 14.1. The molecule has 3 aliphatic carbocycles. The number of fused-ring (bicyclic) bond motifs is 5. The lowest BCUT2D eigenvalue weighted by molar-refractivity contribution is -0.338. The normalized spacial score (nSPS) is 36.8. The van der Waals surface area contributed by atoms with Crippen molar-refractivity contribution >= 4 is 35.2 Å². The Kier molecular flexibility index (Phi) is 7.85. The molecule has 1 heterocycles. The Bertz CT molecular complexity index is 1490. The predicted molar refractivity (Wildman–Crippen MR) is 161 cm³/mol. The first-order valence-electron chi connectivity index (χ1n) is 15.3. The van der Waals surface area contributed by atoms with Crippen LogP contribution in [0.3, 0.4) is 0 Å². The van der Waals surface area contributed by atoms with Gasteiger partial charge in [0.2, 0.25) is 0 Å². The van der Waals surface area contributed by atoms with E-state index in [1.54, 1.807) is 52.0 Å². The zero-order chi connectivity index (χ0) is 33.4. The fraction of sp³-hybridized carbons (Fsp3) is 0.618. The maximum Gasteiger partial charge on any atom is 0.338 e. The Hall–Kier alpha value is -3.57. The third kappa shape index (κ3) is 4.64. The Morgan fingerprint density at radius 1 is 1.00 bits per heavy atom. The molecule has 0 aromatic heterocycles. The molecule has 3 fully saturated rings. The molecule has 45 heavy (non-hydrogen) atoms. The van der Waals surface area contributed by atoms with Gasteiger partial charge in [0, 0.05) is 50.9 Å². The van der Waals surface area contributed by atoms with Crippen molar-refractivity contribution in [1.82, 2.24) is 0 Å². The SMILES string of the molecule is CC(=O)OC1C(=O)[C@@]2(C)C(C(OC(=O)c3ccc(N(C)C)cc3)C3(O)CC(=O)C(C)=C1C3(C)C)C1(OC(C)=O)COC1C[C@@H]2C. The fourth-order valence-electron chi connectivity index (χ4n) is 8.34. The van der Waals surface area contributed by atoms with E-state index in [2.05, 4.69) is 0 Å². The minimum absolute atomic E-state index is 0.118. The van der Waals surface area contributed by atoms with E-state index in [1.165, 1.54) is 13.8 Å². The molecule has 8 atom stereocenters. The maximum atomic E-state index is 15.0. The van der Waals surface area contributed by atoms with E-state index < -0.39 is 88.1 Å². The number of hydrogen-bond acceptors (Lipinski definition) is 11. The van der Waals surface area contributed by atoms with Gasteiger partial charge in [0.1, 0.15) is 17.8 Å². The van der Waals surface area contributed by atoms with Crippen molar-refractivity contribution in [2.75, 3.05) is 25.6 Å². The van der Waals surface area contributed by atoms with Crippen LogP contribution < -0.4 is 4.90 Å². The van der Waals surface area contributed by atoms with Crippen LogP contribution in [-0.2, 0) is 38.1 Å². The number of benzene rings is 1. The number of nitrogens with zero attached hydrogens (tertiary/aromatic N) is 1. The number of allylic oxidation sites excluding steroid dienone is 1. The molecule has 5 rings (SSSR count). The molecular formula is C34H43NO10. The van der Waals surface area contributed by atoms with E-state index >= 15 is 4.79 Å². The van der Waals surface area contributed by atoms with Crippen molar-refractivity contribution in [1.29, 1.82) is 0 Å². The first-order valence-corrected chi connectivity index (χ1v) is 15.3. The number of ether oxygens (including phenoxy) is 4. The molecule has 244 valence electrons. The smallest absolute Gasteiger partial charge is 0.338 e. The number of ketones is 2. The standard InChI is InChI=1S/C34H43NO10/c1-17-14-24-33(16-42-24,45-20(4)37)27-29(44-30(40)21-10-12-22(13-11-21)35(8)9)34(41)15-23(38)18(2)25(31(34,5)6)26(43-19(3)36)28(39)32(17,27)7/h10-13,17,24,26-27,29,41H,14-16H2,1-9H3/t17-,24?,26?,27?,29?,32+,33?,34?/m0/s1. The maximum absolute atomic E-state index is 15.0. The van der Waals surface area contributed by atoms with Crippen LogP contribution in [0.2, 0.25) is 0 Å². The zero-order valence-corrected chi connectivity index (χ0v) is 27.4. The third-order valence-electron chi connectivity index (χ3n) is 11.1. The van der Waals surface area contributed by atoms with Crippen LogP contribution in [-0.4, -0.2) is 84.8 Å². The molecule has 6 unspecified atom stereocenters. The van der Waals surface area contributed by atoms with E-state index in [0.29, 0.717) is 6.42 Å². The van der Waals surface area contributed by atoms with E-state index in [1.807, 2.05) is 25.9 Å². The molecule has 11 heteroatoms. The van der Waals surface area contributed by atoms with Crippen molar-refractivity contribution < 1.29 is 48.0 Å². The average molecular weight is 626 g/mol. The summed E-state index contributed by atoms with van der Waals surface area (Å²) in [6, 6.07) is 6.69. The monoisotopic (exact) mass is 625 g/mol. The van der Waals surface area contributed by atoms with Gasteiger partial charge < -0.3 is 29.0 Å². The lowest BCUT2D eigenvalue weighted by atomic mass is 9.43. The highest BCUT2D eigenvalue weighted by molar-refractivity contribution is 6.02. The summed E-state index contributed by atoms with van der Waals surface area (Å²) in [7, 11) is 3.73. The average Bonchev–Trinajstić information content (AvgIpc) is 2.94. The second kappa shape index (κ2) is 10.8. The van der Waals surface area contributed by atoms with E-state index in [9.17, 15) is 24.3 Å². The van der Waals surface area contributed by atoms with Gasteiger partial charge in [-0.05, 0) is 54.7 Å². The minimum atomic E-state index is -2.12. The number of rotatable bonds is 5. The molecule has 0 radical (unpaired) electrons. The van der Waals surface area contributed by atoms with Crippen LogP contribution >= 0.6 is 0 Å². The van der Waals surface area contributed by atoms with Crippen molar-refractivity contribution in [3.8, 4) is 0 Å². The quantitative estimate of drug-likeness (QED) is 0.380. The first-order chi connectivity index (χ1) is 20.8. The predicted octanol–water partition coefficient (Wildman–Crippen LogP) is 3.20. The van der Waals surface area contributed by atoms with Gasteiger partial charge in [0.25, 0.3) is 0 Å². The van der Waals surface area contributed by atoms with Gasteiger partial charge in [0.15, 0.2) is 23.3 Å². The molecule has 1 N–H and O–H groups in total. The van der Waals surface area contributed by atoms with Gasteiger partial charge in [-0.3, -0.25) is 19.2 Å². The molecule has 11 nitrogen and oxygen atoms in total. The Balaban J connectivity index is 1.80. The lowest BCUT2D eigenvalue weighted by Gasteiger charge is -2.67.